The second kappa shape index (κ2) is 9.22. The molecule has 0 amide bonds. The van der Waals surface area contributed by atoms with Crippen LogP contribution in [0.5, 0.6) is 0 Å². The first kappa shape index (κ1) is 23.7. The van der Waals surface area contributed by atoms with Gasteiger partial charge >= 0.3 is 6.18 Å². The molecule has 5 nitrogen and oxygen atoms in total. The summed E-state index contributed by atoms with van der Waals surface area (Å²) in [6.45, 7) is 3.40. The Balaban J connectivity index is 1.64. The van der Waals surface area contributed by atoms with Crippen LogP contribution < -0.4 is 10.5 Å². The first-order chi connectivity index (χ1) is 17.2. The average Bonchev–Trinajstić information content (AvgIpc) is 3.39. The molecule has 0 aliphatic carbocycles. The molecule has 0 saturated carbocycles. The third kappa shape index (κ3) is 4.48. The molecule has 0 atom stereocenters. The number of halogens is 4. The predicted octanol–water partition coefficient (Wildman–Crippen LogP) is 6.01. The number of fused-ring (bicyclic) bond motifs is 1. The van der Waals surface area contributed by atoms with Gasteiger partial charge < -0.3 is 4.90 Å². The van der Waals surface area contributed by atoms with E-state index >= 15 is 0 Å². The van der Waals surface area contributed by atoms with E-state index in [9.17, 15) is 22.4 Å². The van der Waals surface area contributed by atoms with E-state index in [-0.39, 0.29) is 16.8 Å². The highest BCUT2D eigenvalue weighted by Crippen LogP contribution is 2.32. The zero-order valence-corrected chi connectivity index (χ0v) is 19.4. The van der Waals surface area contributed by atoms with Crippen molar-refractivity contribution >= 4 is 22.8 Å². The lowest BCUT2D eigenvalue weighted by Crippen LogP contribution is -2.21. The zero-order valence-electron chi connectivity index (χ0n) is 19.4. The maximum atomic E-state index is 14.9. The Morgan fingerprint density at radius 2 is 1.75 bits per heavy atom. The lowest BCUT2D eigenvalue weighted by molar-refractivity contribution is -0.137. The van der Waals surface area contributed by atoms with E-state index in [0.717, 1.165) is 48.3 Å². The number of alkyl halides is 3. The molecule has 0 radical (unpaired) electrons. The Bertz CT molecular complexity index is 1540. The number of anilines is 1. The van der Waals surface area contributed by atoms with Crippen molar-refractivity contribution in [1.29, 1.82) is 0 Å². The fourth-order valence-electron chi connectivity index (χ4n) is 4.39. The van der Waals surface area contributed by atoms with Crippen LogP contribution in [0.15, 0.2) is 70.6 Å². The highest BCUT2D eigenvalue weighted by atomic mass is 19.4. The van der Waals surface area contributed by atoms with E-state index in [4.69, 9.17) is 0 Å². The first-order valence-corrected chi connectivity index (χ1v) is 11.5. The van der Waals surface area contributed by atoms with Crippen LogP contribution in [0.1, 0.15) is 29.5 Å². The van der Waals surface area contributed by atoms with Crippen molar-refractivity contribution < 1.29 is 17.6 Å². The largest absolute Gasteiger partial charge is 0.416 e. The summed E-state index contributed by atoms with van der Waals surface area (Å²) in [5.41, 5.74) is 0.728. The van der Waals surface area contributed by atoms with Crippen molar-refractivity contribution in [3.8, 4) is 11.4 Å². The SMILES string of the molecule is Cc1cc(N2CCCC2)c(F)cc1C=Nn1c(-c2cccc(C(F)(F)F)c2)nc2ccccc2c1=O. The second-order valence-corrected chi connectivity index (χ2v) is 8.75. The van der Waals surface area contributed by atoms with E-state index in [1.165, 1.54) is 24.4 Å². The Kier molecular flexibility index (Phi) is 6.07. The molecular weight excluding hydrogens is 472 g/mol. The summed E-state index contributed by atoms with van der Waals surface area (Å²) in [5, 5.41) is 4.54. The first-order valence-electron chi connectivity index (χ1n) is 11.5. The van der Waals surface area contributed by atoms with E-state index in [2.05, 4.69) is 10.1 Å². The van der Waals surface area contributed by atoms with Gasteiger partial charge in [0, 0.05) is 24.2 Å². The van der Waals surface area contributed by atoms with Gasteiger partial charge in [0.1, 0.15) is 5.82 Å². The zero-order chi connectivity index (χ0) is 25.4. The Hall–Kier alpha value is -4.01. The van der Waals surface area contributed by atoms with Crippen molar-refractivity contribution in [2.45, 2.75) is 25.9 Å². The standard InChI is InChI=1S/C27H22F4N4O/c1-17-13-24(34-11-4-5-12-34)22(28)15-19(17)16-32-35-25(18-7-6-8-20(14-18)27(29,30)31)33-23-10-3-2-9-21(23)26(35)36/h2-3,6-10,13-16H,4-5,11-12H2,1H3. The van der Waals surface area contributed by atoms with Crippen molar-refractivity contribution in [3.05, 3.63) is 93.5 Å². The summed E-state index contributed by atoms with van der Waals surface area (Å²) < 4.78 is 55.9. The molecule has 4 aromatic rings. The number of hydrogen-bond donors (Lipinski definition) is 0. The summed E-state index contributed by atoms with van der Waals surface area (Å²) in [6.07, 6.45) is -1.20. The fourth-order valence-corrected chi connectivity index (χ4v) is 4.39. The minimum absolute atomic E-state index is 0.0483. The molecule has 1 aliphatic rings. The van der Waals surface area contributed by atoms with Gasteiger partial charge in [-0.3, -0.25) is 4.79 Å². The van der Waals surface area contributed by atoms with Crippen molar-refractivity contribution in [2.75, 3.05) is 18.0 Å². The van der Waals surface area contributed by atoms with Crippen molar-refractivity contribution in [2.24, 2.45) is 5.10 Å². The van der Waals surface area contributed by atoms with Crippen LogP contribution in [0, 0.1) is 12.7 Å². The number of aryl methyl sites for hydroxylation is 1. The molecule has 1 aliphatic heterocycles. The molecule has 3 aromatic carbocycles. The Labute approximate surface area is 204 Å². The quantitative estimate of drug-likeness (QED) is 0.258. The number of rotatable bonds is 4. The molecule has 2 heterocycles. The molecule has 1 aromatic heterocycles. The molecule has 9 heteroatoms. The van der Waals surface area contributed by atoms with Gasteiger partial charge in [0.05, 0.1) is 28.4 Å². The maximum Gasteiger partial charge on any atom is 0.416 e. The normalized spacial score (nSPS) is 14.3. The molecule has 36 heavy (non-hydrogen) atoms. The predicted molar refractivity (Wildman–Crippen MR) is 132 cm³/mol. The van der Waals surface area contributed by atoms with Crippen LogP contribution in [0.3, 0.4) is 0 Å². The van der Waals surface area contributed by atoms with Crippen LogP contribution in [0.25, 0.3) is 22.3 Å². The minimum Gasteiger partial charge on any atom is -0.369 e. The van der Waals surface area contributed by atoms with Gasteiger partial charge in [-0.1, -0.05) is 24.3 Å². The van der Waals surface area contributed by atoms with Gasteiger partial charge in [-0.15, -0.1) is 0 Å². The monoisotopic (exact) mass is 494 g/mol. The number of nitrogens with zero attached hydrogens (tertiary/aromatic N) is 4. The smallest absolute Gasteiger partial charge is 0.369 e. The Morgan fingerprint density at radius 3 is 2.50 bits per heavy atom. The summed E-state index contributed by atoms with van der Waals surface area (Å²) in [6, 6.07) is 14.2. The lowest BCUT2D eigenvalue weighted by Gasteiger charge is -2.19. The van der Waals surface area contributed by atoms with E-state index in [1.54, 1.807) is 30.3 Å². The molecule has 184 valence electrons. The van der Waals surface area contributed by atoms with Gasteiger partial charge in [-0.2, -0.15) is 22.9 Å². The molecular formula is C27H22F4N4O. The summed E-state index contributed by atoms with van der Waals surface area (Å²) >= 11 is 0. The fraction of sp³-hybridized carbons (Fsp3) is 0.222. The average molecular weight is 494 g/mol. The molecule has 1 saturated heterocycles. The third-order valence-electron chi connectivity index (χ3n) is 6.30. The second-order valence-electron chi connectivity index (χ2n) is 8.75. The van der Waals surface area contributed by atoms with E-state index < -0.39 is 23.1 Å². The summed E-state index contributed by atoms with van der Waals surface area (Å²) in [7, 11) is 0. The topological polar surface area (TPSA) is 50.5 Å². The van der Waals surface area contributed by atoms with Crippen molar-refractivity contribution in [3.63, 3.8) is 0 Å². The van der Waals surface area contributed by atoms with Gasteiger partial charge in [0.25, 0.3) is 5.56 Å². The van der Waals surface area contributed by atoms with Gasteiger partial charge in [0.2, 0.25) is 0 Å². The number of aromatic nitrogens is 2. The lowest BCUT2D eigenvalue weighted by atomic mass is 10.1. The molecule has 0 spiro atoms. The van der Waals surface area contributed by atoms with Gasteiger partial charge in [-0.05, 0) is 61.7 Å². The number of para-hydroxylation sites is 1. The van der Waals surface area contributed by atoms with Crippen LogP contribution >= 0.6 is 0 Å². The number of hydrogen-bond acceptors (Lipinski definition) is 4. The molecule has 5 rings (SSSR count). The maximum absolute atomic E-state index is 14.9. The van der Waals surface area contributed by atoms with Gasteiger partial charge in [-0.25, -0.2) is 9.37 Å². The molecule has 0 bridgehead atoms. The van der Waals surface area contributed by atoms with Gasteiger partial charge in [0.15, 0.2) is 5.82 Å². The number of benzene rings is 3. The van der Waals surface area contributed by atoms with Crippen LogP contribution in [-0.2, 0) is 6.18 Å². The molecule has 0 N–H and O–H groups in total. The van der Waals surface area contributed by atoms with Crippen LogP contribution in [0.4, 0.5) is 23.2 Å². The summed E-state index contributed by atoms with van der Waals surface area (Å²) in [5.74, 6) is -0.445. The molecule has 1 fully saturated rings. The minimum atomic E-state index is -4.56. The van der Waals surface area contributed by atoms with Crippen molar-refractivity contribution in [1.82, 2.24) is 9.66 Å². The highest BCUT2D eigenvalue weighted by molar-refractivity contribution is 5.84. The Morgan fingerprint density at radius 1 is 1.00 bits per heavy atom. The molecule has 0 unspecified atom stereocenters. The van der Waals surface area contributed by atoms with Crippen LogP contribution in [-0.4, -0.2) is 29.0 Å². The van der Waals surface area contributed by atoms with E-state index in [0.29, 0.717) is 16.8 Å². The van der Waals surface area contributed by atoms with Crippen LogP contribution in [0.2, 0.25) is 0 Å². The highest BCUT2D eigenvalue weighted by Gasteiger charge is 2.31. The van der Waals surface area contributed by atoms with E-state index in [1.807, 2.05) is 11.8 Å². The summed E-state index contributed by atoms with van der Waals surface area (Å²) in [4.78, 5) is 19.8. The third-order valence-corrected chi connectivity index (χ3v) is 6.30.